The molecular formula is C16H13BrClFO2. The Bertz CT molecular complexity index is 660. The van der Waals surface area contributed by atoms with E-state index >= 15 is 0 Å². The molecule has 0 aliphatic carbocycles. The van der Waals surface area contributed by atoms with E-state index in [1.54, 1.807) is 6.07 Å². The van der Waals surface area contributed by atoms with Crippen LogP contribution in [0.4, 0.5) is 4.39 Å². The van der Waals surface area contributed by atoms with Crippen LogP contribution >= 0.6 is 27.5 Å². The lowest BCUT2D eigenvalue weighted by molar-refractivity contribution is -0.141. The van der Waals surface area contributed by atoms with Gasteiger partial charge in [-0.3, -0.25) is 4.79 Å². The molecule has 1 unspecified atom stereocenters. The van der Waals surface area contributed by atoms with Crippen molar-refractivity contribution in [2.24, 2.45) is 5.92 Å². The van der Waals surface area contributed by atoms with Crippen molar-refractivity contribution >= 4 is 33.5 Å². The van der Waals surface area contributed by atoms with E-state index in [0.717, 1.165) is 10.0 Å². The van der Waals surface area contributed by atoms with Gasteiger partial charge in [0, 0.05) is 4.47 Å². The van der Waals surface area contributed by atoms with Gasteiger partial charge < -0.3 is 5.11 Å². The number of carboxylic acids is 1. The molecule has 0 radical (unpaired) electrons. The maximum Gasteiger partial charge on any atom is 0.307 e. The number of aliphatic carboxylic acids is 1. The summed E-state index contributed by atoms with van der Waals surface area (Å²) in [4.78, 5) is 11.4. The molecule has 0 saturated carbocycles. The summed E-state index contributed by atoms with van der Waals surface area (Å²) in [6.45, 7) is 0. The molecule has 21 heavy (non-hydrogen) atoms. The number of benzene rings is 2. The molecule has 2 nitrogen and oxygen atoms in total. The Hall–Kier alpha value is -1.39. The van der Waals surface area contributed by atoms with E-state index in [4.69, 9.17) is 11.6 Å². The number of hydrogen-bond acceptors (Lipinski definition) is 1. The smallest absolute Gasteiger partial charge is 0.307 e. The predicted octanol–water partition coefficient (Wildman–Crippen LogP) is 4.73. The highest BCUT2D eigenvalue weighted by atomic mass is 79.9. The van der Waals surface area contributed by atoms with Crippen molar-refractivity contribution in [2.75, 3.05) is 0 Å². The fraction of sp³-hybridized carbons (Fsp3) is 0.188. The standard InChI is InChI=1S/C16H13BrClFO2/c17-13-3-1-2-10(8-13)6-12(16(20)21)7-11-4-5-15(19)14(18)9-11/h1-5,8-9,12H,6-7H2,(H,20,21). The molecule has 0 saturated heterocycles. The van der Waals surface area contributed by atoms with Gasteiger partial charge in [-0.15, -0.1) is 0 Å². The summed E-state index contributed by atoms with van der Waals surface area (Å²) in [5.74, 6) is -1.96. The molecule has 1 atom stereocenters. The molecule has 0 spiro atoms. The fourth-order valence-electron chi connectivity index (χ4n) is 2.15. The normalized spacial score (nSPS) is 12.1. The predicted molar refractivity (Wildman–Crippen MR) is 84.1 cm³/mol. The summed E-state index contributed by atoms with van der Waals surface area (Å²) < 4.78 is 14.0. The molecular weight excluding hydrogens is 359 g/mol. The number of carboxylic acid groups (broad SMARTS) is 1. The molecule has 0 aliphatic rings. The molecule has 2 rings (SSSR count). The van der Waals surface area contributed by atoms with Crippen LogP contribution in [-0.2, 0) is 17.6 Å². The summed E-state index contributed by atoms with van der Waals surface area (Å²) in [5, 5.41) is 9.38. The number of hydrogen-bond donors (Lipinski definition) is 1. The van der Waals surface area contributed by atoms with Crippen LogP contribution < -0.4 is 0 Å². The van der Waals surface area contributed by atoms with Crippen molar-refractivity contribution < 1.29 is 14.3 Å². The Balaban J connectivity index is 2.15. The first kappa shape index (κ1) is 16.0. The van der Waals surface area contributed by atoms with Crippen LogP contribution in [0.1, 0.15) is 11.1 Å². The first-order chi connectivity index (χ1) is 9.95. The number of rotatable bonds is 5. The van der Waals surface area contributed by atoms with Gasteiger partial charge in [-0.25, -0.2) is 4.39 Å². The zero-order valence-electron chi connectivity index (χ0n) is 11.0. The topological polar surface area (TPSA) is 37.3 Å². The summed E-state index contributed by atoms with van der Waals surface area (Å²) in [6, 6.07) is 11.8. The molecule has 0 aromatic heterocycles. The van der Waals surface area contributed by atoms with Crippen LogP contribution in [0, 0.1) is 11.7 Å². The third-order valence-corrected chi connectivity index (χ3v) is 3.97. The Morgan fingerprint density at radius 1 is 1.19 bits per heavy atom. The first-order valence-electron chi connectivity index (χ1n) is 6.37. The third kappa shape index (κ3) is 4.55. The van der Waals surface area contributed by atoms with Crippen LogP contribution in [-0.4, -0.2) is 11.1 Å². The highest BCUT2D eigenvalue weighted by Gasteiger charge is 2.19. The Labute approximate surface area is 135 Å². The highest BCUT2D eigenvalue weighted by Crippen LogP contribution is 2.21. The van der Waals surface area contributed by atoms with Crippen LogP contribution in [0.5, 0.6) is 0 Å². The molecule has 5 heteroatoms. The summed E-state index contributed by atoms with van der Waals surface area (Å²) in [7, 11) is 0. The quantitative estimate of drug-likeness (QED) is 0.825. The van der Waals surface area contributed by atoms with Gasteiger partial charge in [0.2, 0.25) is 0 Å². The van der Waals surface area contributed by atoms with Crippen molar-refractivity contribution in [3.8, 4) is 0 Å². The molecule has 0 fully saturated rings. The molecule has 2 aromatic rings. The fourth-order valence-corrected chi connectivity index (χ4v) is 2.80. The highest BCUT2D eigenvalue weighted by molar-refractivity contribution is 9.10. The molecule has 0 bridgehead atoms. The van der Waals surface area contributed by atoms with Crippen molar-refractivity contribution in [3.63, 3.8) is 0 Å². The molecule has 2 aromatic carbocycles. The minimum atomic E-state index is -0.879. The van der Waals surface area contributed by atoms with E-state index in [9.17, 15) is 14.3 Å². The Kier molecular flexibility index (Phi) is 5.37. The minimum absolute atomic E-state index is 0.0131. The van der Waals surface area contributed by atoms with Gasteiger partial charge in [-0.05, 0) is 48.2 Å². The van der Waals surface area contributed by atoms with E-state index in [1.807, 2.05) is 24.3 Å². The van der Waals surface area contributed by atoms with E-state index < -0.39 is 17.7 Å². The first-order valence-corrected chi connectivity index (χ1v) is 7.54. The second-order valence-electron chi connectivity index (χ2n) is 4.82. The van der Waals surface area contributed by atoms with Crippen LogP contribution in [0.2, 0.25) is 5.02 Å². The van der Waals surface area contributed by atoms with Gasteiger partial charge in [0.1, 0.15) is 5.82 Å². The van der Waals surface area contributed by atoms with Gasteiger partial charge in [0.15, 0.2) is 0 Å². The molecule has 0 aliphatic heterocycles. The minimum Gasteiger partial charge on any atom is -0.481 e. The molecule has 110 valence electrons. The van der Waals surface area contributed by atoms with Gasteiger partial charge in [-0.2, -0.15) is 0 Å². The number of carbonyl (C=O) groups is 1. The van der Waals surface area contributed by atoms with E-state index in [-0.39, 0.29) is 5.02 Å². The largest absolute Gasteiger partial charge is 0.481 e. The van der Waals surface area contributed by atoms with Gasteiger partial charge in [0.05, 0.1) is 10.9 Å². The second-order valence-corrected chi connectivity index (χ2v) is 6.14. The van der Waals surface area contributed by atoms with Crippen molar-refractivity contribution in [1.82, 2.24) is 0 Å². The van der Waals surface area contributed by atoms with Crippen molar-refractivity contribution in [3.05, 3.63) is 68.9 Å². The lowest BCUT2D eigenvalue weighted by atomic mass is 9.92. The van der Waals surface area contributed by atoms with Crippen LogP contribution in [0.3, 0.4) is 0 Å². The van der Waals surface area contributed by atoms with Crippen LogP contribution in [0.15, 0.2) is 46.9 Å². The molecule has 1 N–H and O–H groups in total. The maximum absolute atomic E-state index is 13.1. The zero-order chi connectivity index (χ0) is 15.4. The lowest BCUT2D eigenvalue weighted by Gasteiger charge is -2.13. The van der Waals surface area contributed by atoms with Gasteiger partial charge in [-0.1, -0.05) is 45.7 Å². The van der Waals surface area contributed by atoms with Crippen molar-refractivity contribution in [1.29, 1.82) is 0 Å². The SMILES string of the molecule is O=C(O)C(Cc1cccc(Br)c1)Cc1ccc(F)c(Cl)c1. The monoisotopic (exact) mass is 370 g/mol. The Morgan fingerprint density at radius 2 is 1.86 bits per heavy atom. The lowest BCUT2D eigenvalue weighted by Crippen LogP contribution is -2.19. The Morgan fingerprint density at radius 3 is 2.43 bits per heavy atom. The number of halogens is 3. The summed E-state index contributed by atoms with van der Waals surface area (Å²) >= 11 is 9.10. The summed E-state index contributed by atoms with van der Waals surface area (Å²) in [5.41, 5.74) is 1.65. The van der Waals surface area contributed by atoms with E-state index in [0.29, 0.717) is 18.4 Å². The average Bonchev–Trinajstić information content (AvgIpc) is 2.42. The van der Waals surface area contributed by atoms with E-state index in [2.05, 4.69) is 15.9 Å². The van der Waals surface area contributed by atoms with Crippen LogP contribution in [0.25, 0.3) is 0 Å². The van der Waals surface area contributed by atoms with Crippen molar-refractivity contribution in [2.45, 2.75) is 12.8 Å². The zero-order valence-corrected chi connectivity index (χ0v) is 13.4. The third-order valence-electron chi connectivity index (χ3n) is 3.19. The molecule has 0 amide bonds. The maximum atomic E-state index is 13.1. The van der Waals surface area contributed by atoms with E-state index in [1.165, 1.54) is 12.1 Å². The average molecular weight is 372 g/mol. The summed E-state index contributed by atoms with van der Waals surface area (Å²) in [6.07, 6.45) is 0.714. The molecule has 0 heterocycles. The second kappa shape index (κ2) is 7.05. The van der Waals surface area contributed by atoms with Gasteiger partial charge >= 0.3 is 5.97 Å². The van der Waals surface area contributed by atoms with Gasteiger partial charge in [0.25, 0.3) is 0 Å².